The molecule has 86 valence electrons. The lowest BCUT2D eigenvalue weighted by atomic mass is 9.99. The van der Waals surface area contributed by atoms with Gasteiger partial charge in [-0.05, 0) is 12.0 Å². The van der Waals surface area contributed by atoms with Crippen molar-refractivity contribution in [2.45, 2.75) is 18.8 Å². The van der Waals surface area contributed by atoms with Crippen molar-refractivity contribution in [3.8, 4) is 0 Å². The summed E-state index contributed by atoms with van der Waals surface area (Å²) < 4.78 is 0. The number of nitrogens with zero attached hydrogens (tertiary/aromatic N) is 1. The standard InChI is InChI=1S/C13H16BrNO/c14-8-6-13(16)15-9-7-12(10-15)11-4-2-1-3-5-11/h1-5,12H,6-10H2. The quantitative estimate of drug-likeness (QED) is 0.781. The number of likely N-dealkylation sites (tertiary alicyclic amines) is 1. The van der Waals surface area contributed by atoms with Crippen LogP contribution in [0.5, 0.6) is 0 Å². The van der Waals surface area contributed by atoms with Crippen LogP contribution in [0.3, 0.4) is 0 Å². The van der Waals surface area contributed by atoms with E-state index in [-0.39, 0.29) is 5.91 Å². The van der Waals surface area contributed by atoms with Gasteiger partial charge in [-0.15, -0.1) is 0 Å². The number of halogens is 1. The van der Waals surface area contributed by atoms with Crippen molar-refractivity contribution >= 4 is 21.8 Å². The zero-order valence-corrected chi connectivity index (χ0v) is 10.8. The number of benzene rings is 1. The van der Waals surface area contributed by atoms with Gasteiger partial charge in [0.05, 0.1) is 0 Å². The lowest BCUT2D eigenvalue weighted by Gasteiger charge is -2.16. The predicted molar refractivity (Wildman–Crippen MR) is 68.8 cm³/mol. The van der Waals surface area contributed by atoms with Gasteiger partial charge in [0.15, 0.2) is 0 Å². The van der Waals surface area contributed by atoms with Crippen LogP contribution in [0.15, 0.2) is 30.3 Å². The van der Waals surface area contributed by atoms with Gasteiger partial charge in [0.25, 0.3) is 0 Å². The highest BCUT2D eigenvalue weighted by Crippen LogP contribution is 2.27. The Labute approximate surface area is 105 Å². The summed E-state index contributed by atoms with van der Waals surface area (Å²) in [4.78, 5) is 13.7. The molecule has 1 heterocycles. The summed E-state index contributed by atoms with van der Waals surface area (Å²) in [6.07, 6.45) is 1.71. The summed E-state index contributed by atoms with van der Waals surface area (Å²) in [5, 5.41) is 0.762. The van der Waals surface area contributed by atoms with Gasteiger partial charge in [0.1, 0.15) is 0 Å². The molecule has 0 aromatic heterocycles. The SMILES string of the molecule is O=C(CCBr)N1CCC(c2ccccc2)C1. The van der Waals surface area contributed by atoms with Gasteiger partial charge in [-0.2, -0.15) is 0 Å². The molecule has 2 nitrogen and oxygen atoms in total. The fourth-order valence-electron chi connectivity index (χ4n) is 2.22. The van der Waals surface area contributed by atoms with E-state index in [0.29, 0.717) is 12.3 Å². The van der Waals surface area contributed by atoms with Crippen LogP contribution in [0.2, 0.25) is 0 Å². The molecule has 0 N–H and O–H groups in total. The minimum atomic E-state index is 0.273. The first kappa shape index (κ1) is 11.6. The Kier molecular flexibility index (Phi) is 3.99. The third-order valence-electron chi connectivity index (χ3n) is 3.12. The van der Waals surface area contributed by atoms with Crippen LogP contribution in [0, 0.1) is 0 Å². The van der Waals surface area contributed by atoms with Gasteiger partial charge in [-0.25, -0.2) is 0 Å². The first-order valence-corrected chi connectivity index (χ1v) is 6.82. The van der Waals surface area contributed by atoms with Crippen LogP contribution in [-0.4, -0.2) is 29.2 Å². The van der Waals surface area contributed by atoms with Crippen LogP contribution in [0.25, 0.3) is 0 Å². The van der Waals surface area contributed by atoms with E-state index in [4.69, 9.17) is 0 Å². The van der Waals surface area contributed by atoms with E-state index < -0.39 is 0 Å². The fourth-order valence-corrected chi connectivity index (χ4v) is 2.56. The maximum Gasteiger partial charge on any atom is 0.223 e. The lowest BCUT2D eigenvalue weighted by Crippen LogP contribution is -2.28. The molecule has 1 saturated heterocycles. The van der Waals surface area contributed by atoms with Crippen molar-refractivity contribution in [1.29, 1.82) is 0 Å². The Hall–Kier alpha value is -0.830. The van der Waals surface area contributed by atoms with Crippen LogP contribution in [-0.2, 0) is 4.79 Å². The number of rotatable bonds is 3. The van der Waals surface area contributed by atoms with E-state index in [0.717, 1.165) is 24.8 Å². The Balaban J connectivity index is 1.96. The van der Waals surface area contributed by atoms with E-state index in [1.54, 1.807) is 0 Å². The molecule has 2 rings (SSSR count). The maximum atomic E-state index is 11.7. The van der Waals surface area contributed by atoms with Crippen LogP contribution in [0.1, 0.15) is 24.3 Å². The number of hydrogen-bond acceptors (Lipinski definition) is 1. The van der Waals surface area contributed by atoms with Gasteiger partial charge in [0.2, 0.25) is 5.91 Å². The van der Waals surface area contributed by atoms with Crippen molar-refractivity contribution in [1.82, 2.24) is 4.90 Å². The molecule has 1 fully saturated rings. The number of carbonyl (C=O) groups excluding carboxylic acids is 1. The monoisotopic (exact) mass is 281 g/mol. The summed E-state index contributed by atoms with van der Waals surface area (Å²) in [6.45, 7) is 1.79. The molecule has 0 aliphatic carbocycles. The van der Waals surface area contributed by atoms with Crippen LogP contribution >= 0.6 is 15.9 Å². The molecule has 1 aromatic rings. The zero-order valence-electron chi connectivity index (χ0n) is 9.23. The second kappa shape index (κ2) is 5.48. The van der Waals surface area contributed by atoms with E-state index in [1.807, 2.05) is 11.0 Å². The predicted octanol–water partition coefficient (Wildman–Crippen LogP) is 2.79. The molecule has 0 spiro atoms. The second-order valence-electron chi connectivity index (χ2n) is 4.18. The van der Waals surface area contributed by atoms with E-state index in [2.05, 4.69) is 40.2 Å². The molecule has 1 aliphatic heterocycles. The third-order valence-corrected chi connectivity index (χ3v) is 3.52. The third kappa shape index (κ3) is 2.64. The molecule has 1 amide bonds. The van der Waals surface area contributed by atoms with E-state index in [9.17, 15) is 4.79 Å². The molecule has 1 aliphatic rings. The van der Waals surface area contributed by atoms with Gasteiger partial charge in [-0.3, -0.25) is 4.79 Å². The number of alkyl halides is 1. The maximum absolute atomic E-state index is 11.7. The van der Waals surface area contributed by atoms with Gasteiger partial charge >= 0.3 is 0 Å². The normalized spacial score (nSPS) is 20.1. The largest absolute Gasteiger partial charge is 0.342 e. The van der Waals surface area contributed by atoms with Crippen molar-refractivity contribution in [2.24, 2.45) is 0 Å². The van der Waals surface area contributed by atoms with Gasteiger partial charge in [0, 0.05) is 30.8 Å². The highest BCUT2D eigenvalue weighted by atomic mass is 79.9. The minimum absolute atomic E-state index is 0.273. The molecule has 1 atom stereocenters. The molecule has 0 bridgehead atoms. The van der Waals surface area contributed by atoms with Crippen molar-refractivity contribution in [3.05, 3.63) is 35.9 Å². The summed E-state index contributed by atoms with van der Waals surface area (Å²) in [6, 6.07) is 10.5. The molecule has 3 heteroatoms. The molecule has 0 saturated carbocycles. The van der Waals surface area contributed by atoms with Crippen molar-refractivity contribution < 1.29 is 4.79 Å². The highest BCUT2D eigenvalue weighted by Gasteiger charge is 2.26. The average Bonchev–Trinajstić information content (AvgIpc) is 2.80. The van der Waals surface area contributed by atoms with E-state index >= 15 is 0 Å². The Bertz CT molecular complexity index is 352. The average molecular weight is 282 g/mol. The first-order chi connectivity index (χ1) is 7.81. The molecule has 16 heavy (non-hydrogen) atoms. The number of carbonyl (C=O) groups is 1. The van der Waals surface area contributed by atoms with Crippen LogP contribution in [0.4, 0.5) is 0 Å². The zero-order chi connectivity index (χ0) is 11.4. The Morgan fingerprint density at radius 2 is 2.12 bits per heavy atom. The number of hydrogen-bond donors (Lipinski definition) is 0. The number of amides is 1. The first-order valence-electron chi connectivity index (χ1n) is 5.70. The topological polar surface area (TPSA) is 20.3 Å². The Morgan fingerprint density at radius 3 is 2.81 bits per heavy atom. The molecular weight excluding hydrogens is 266 g/mol. The molecule has 1 aromatic carbocycles. The molecular formula is C13H16BrNO. The summed E-state index contributed by atoms with van der Waals surface area (Å²) in [5.74, 6) is 0.802. The van der Waals surface area contributed by atoms with Gasteiger partial charge < -0.3 is 4.90 Å². The van der Waals surface area contributed by atoms with Crippen molar-refractivity contribution in [2.75, 3.05) is 18.4 Å². The van der Waals surface area contributed by atoms with Gasteiger partial charge in [-0.1, -0.05) is 46.3 Å². The summed E-state index contributed by atoms with van der Waals surface area (Å²) in [5.41, 5.74) is 1.36. The minimum Gasteiger partial charge on any atom is -0.342 e. The molecule has 0 radical (unpaired) electrons. The Morgan fingerprint density at radius 1 is 1.38 bits per heavy atom. The molecule has 1 unspecified atom stereocenters. The van der Waals surface area contributed by atoms with Crippen molar-refractivity contribution in [3.63, 3.8) is 0 Å². The smallest absolute Gasteiger partial charge is 0.223 e. The summed E-state index contributed by atoms with van der Waals surface area (Å²) in [7, 11) is 0. The van der Waals surface area contributed by atoms with E-state index in [1.165, 1.54) is 5.56 Å². The summed E-state index contributed by atoms with van der Waals surface area (Å²) >= 11 is 3.31. The van der Waals surface area contributed by atoms with Crippen LogP contribution < -0.4 is 0 Å². The second-order valence-corrected chi connectivity index (χ2v) is 4.97. The highest BCUT2D eigenvalue weighted by molar-refractivity contribution is 9.09. The fraction of sp³-hybridized carbons (Fsp3) is 0.462. The lowest BCUT2D eigenvalue weighted by molar-refractivity contribution is -0.129.